The Labute approximate surface area is 119 Å². The quantitative estimate of drug-likeness (QED) is 0.803. The Balaban J connectivity index is 2.27. The van der Waals surface area contributed by atoms with Crippen molar-refractivity contribution in [1.29, 1.82) is 0 Å². The minimum Gasteiger partial charge on any atom is -0.497 e. The van der Waals surface area contributed by atoms with Gasteiger partial charge in [-0.15, -0.1) is 0 Å². The lowest BCUT2D eigenvalue weighted by atomic mass is 10.0. The standard InChI is InChI=1S/C17H20FNO/c1-3-9-19-12-13-7-8-17(18)16(10-13)14-5-4-6-15(11-14)20-2/h4-8,10-11,19H,3,9,12H2,1-2H3. The first-order valence-corrected chi connectivity index (χ1v) is 6.88. The molecule has 2 aromatic carbocycles. The van der Waals surface area contributed by atoms with Crippen LogP contribution in [0, 0.1) is 5.82 Å². The molecule has 0 heterocycles. The van der Waals surface area contributed by atoms with E-state index in [0.29, 0.717) is 5.56 Å². The summed E-state index contributed by atoms with van der Waals surface area (Å²) >= 11 is 0. The average Bonchev–Trinajstić information content (AvgIpc) is 2.49. The fraction of sp³-hybridized carbons (Fsp3) is 0.294. The van der Waals surface area contributed by atoms with Gasteiger partial charge >= 0.3 is 0 Å². The lowest BCUT2D eigenvalue weighted by Crippen LogP contribution is -2.13. The minimum atomic E-state index is -0.211. The van der Waals surface area contributed by atoms with Crippen molar-refractivity contribution >= 4 is 0 Å². The molecule has 0 aliphatic rings. The monoisotopic (exact) mass is 273 g/mol. The number of halogens is 1. The van der Waals surface area contributed by atoms with Crippen LogP contribution in [0.1, 0.15) is 18.9 Å². The van der Waals surface area contributed by atoms with Crippen LogP contribution in [0.2, 0.25) is 0 Å². The van der Waals surface area contributed by atoms with E-state index in [1.807, 2.05) is 36.4 Å². The maximum absolute atomic E-state index is 14.0. The van der Waals surface area contributed by atoms with Crippen molar-refractivity contribution in [3.63, 3.8) is 0 Å². The van der Waals surface area contributed by atoms with Crippen LogP contribution in [0.4, 0.5) is 4.39 Å². The van der Waals surface area contributed by atoms with E-state index in [9.17, 15) is 4.39 Å². The molecule has 0 radical (unpaired) electrons. The van der Waals surface area contributed by atoms with Gasteiger partial charge in [0.2, 0.25) is 0 Å². The average molecular weight is 273 g/mol. The van der Waals surface area contributed by atoms with Gasteiger partial charge in [0.1, 0.15) is 11.6 Å². The summed E-state index contributed by atoms with van der Waals surface area (Å²) in [5.74, 6) is 0.522. The zero-order valence-corrected chi connectivity index (χ0v) is 11.9. The molecular formula is C17H20FNO. The molecule has 20 heavy (non-hydrogen) atoms. The molecule has 0 aliphatic carbocycles. The topological polar surface area (TPSA) is 21.3 Å². The second kappa shape index (κ2) is 7.06. The van der Waals surface area contributed by atoms with Crippen LogP contribution in [-0.2, 0) is 6.54 Å². The van der Waals surface area contributed by atoms with Crippen LogP contribution in [0.15, 0.2) is 42.5 Å². The van der Waals surface area contributed by atoms with E-state index in [2.05, 4.69) is 12.2 Å². The molecule has 3 heteroatoms. The number of hydrogen-bond donors (Lipinski definition) is 1. The van der Waals surface area contributed by atoms with Crippen LogP contribution < -0.4 is 10.1 Å². The lowest BCUT2D eigenvalue weighted by Gasteiger charge is -2.09. The summed E-state index contributed by atoms with van der Waals surface area (Å²) in [6.07, 6.45) is 1.09. The molecule has 106 valence electrons. The van der Waals surface area contributed by atoms with Gasteiger partial charge in [0.25, 0.3) is 0 Å². The summed E-state index contributed by atoms with van der Waals surface area (Å²) < 4.78 is 19.2. The molecule has 0 fully saturated rings. The summed E-state index contributed by atoms with van der Waals surface area (Å²) in [5, 5.41) is 3.32. The van der Waals surface area contributed by atoms with Crippen molar-refractivity contribution in [3.8, 4) is 16.9 Å². The number of ether oxygens (including phenoxy) is 1. The Morgan fingerprint density at radius 3 is 2.75 bits per heavy atom. The van der Waals surface area contributed by atoms with E-state index in [1.165, 1.54) is 6.07 Å². The highest BCUT2D eigenvalue weighted by Crippen LogP contribution is 2.27. The number of hydrogen-bond acceptors (Lipinski definition) is 2. The van der Waals surface area contributed by atoms with Gasteiger partial charge in [0.15, 0.2) is 0 Å². The molecule has 0 amide bonds. The Kier molecular flexibility index (Phi) is 5.13. The van der Waals surface area contributed by atoms with Gasteiger partial charge in [0.05, 0.1) is 7.11 Å². The van der Waals surface area contributed by atoms with Crippen molar-refractivity contribution in [2.75, 3.05) is 13.7 Å². The van der Waals surface area contributed by atoms with Gasteiger partial charge in [-0.3, -0.25) is 0 Å². The predicted molar refractivity (Wildman–Crippen MR) is 80.4 cm³/mol. The first kappa shape index (κ1) is 14.5. The predicted octanol–water partition coefficient (Wildman–Crippen LogP) is 4.00. The molecule has 2 rings (SSSR count). The summed E-state index contributed by atoms with van der Waals surface area (Å²) in [6.45, 7) is 3.84. The van der Waals surface area contributed by atoms with Crippen molar-refractivity contribution < 1.29 is 9.13 Å². The highest BCUT2D eigenvalue weighted by Gasteiger charge is 2.07. The van der Waals surface area contributed by atoms with Crippen LogP contribution in [0.5, 0.6) is 5.75 Å². The molecule has 0 bridgehead atoms. The fourth-order valence-corrected chi connectivity index (χ4v) is 2.10. The van der Waals surface area contributed by atoms with E-state index in [1.54, 1.807) is 7.11 Å². The maximum atomic E-state index is 14.0. The molecule has 0 aliphatic heterocycles. The lowest BCUT2D eigenvalue weighted by molar-refractivity contribution is 0.415. The number of benzene rings is 2. The van der Waals surface area contributed by atoms with Crippen LogP contribution in [-0.4, -0.2) is 13.7 Å². The van der Waals surface area contributed by atoms with Gasteiger partial charge in [-0.05, 0) is 48.4 Å². The number of methoxy groups -OCH3 is 1. The zero-order chi connectivity index (χ0) is 14.4. The zero-order valence-electron chi connectivity index (χ0n) is 11.9. The molecule has 2 nitrogen and oxygen atoms in total. The third kappa shape index (κ3) is 3.58. The molecule has 0 spiro atoms. The van der Waals surface area contributed by atoms with E-state index in [0.717, 1.165) is 36.4 Å². The van der Waals surface area contributed by atoms with Crippen molar-refractivity contribution in [3.05, 3.63) is 53.8 Å². The SMILES string of the molecule is CCCNCc1ccc(F)c(-c2cccc(OC)c2)c1. The van der Waals surface area contributed by atoms with E-state index in [-0.39, 0.29) is 5.82 Å². The summed E-state index contributed by atoms with van der Waals surface area (Å²) in [5.41, 5.74) is 2.52. The molecular weight excluding hydrogens is 253 g/mol. The van der Waals surface area contributed by atoms with Crippen molar-refractivity contribution in [2.24, 2.45) is 0 Å². The minimum absolute atomic E-state index is 0.211. The van der Waals surface area contributed by atoms with Crippen LogP contribution in [0.3, 0.4) is 0 Å². The Hall–Kier alpha value is -1.87. The summed E-state index contributed by atoms with van der Waals surface area (Å²) in [4.78, 5) is 0. The largest absolute Gasteiger partial charge is 0.497 e. The third-order valence-corrected chi connectivity index (χ3v) is 3.17. The van der Waals surface area contributed by atoms with E-state index < -0.39 is 0 Å². The van der Waals surface area contributed by atoms with Crippen molar-refractivity contribution in [2.45, 2.75) is 19.9 Å². The molecule has 0 saturated carbocycles. The third-order valence-electron chi connectivity index (χ3n) is 3.17. The molecule has 0 atom stereocenters. The van der Waals surface area contributed by atoms with Crippen molar-refractivity contribution in [1.82, 2.24) is 5.32 Å². The van der Waals surface area contributed by atoms with Gasteiger partial charge in [-0.25, -0.2) is 4.39 Å². The molecule has 2 aromatic rings. The summed E-state index contributed by atoms with van der Waals surface area (Å²) in [6, 6.07) is 12.7. The Bertz CT molecular complexity index is 569. The molecule has 0 aromatic heterocycles. The highest BCUT2D eigenvalue weighted by atomic mass is 19.1. The smallest absolute Gasteiger partial charge is 0.131 e. The van der Waals surface area contributed by atoms with Gasteiger partial charge in [-0.2, -0.15) is 0 Å². The Morgan fingerprint density at radius 2 is 2.00 bits per heavy atom. The van der Waals surface area contributed by atoms with Gasteiger partial charge in [-0.1, -0.05) is 25.1 Å². The molecule has 0 saturated heterocycles. The highest BCUT2D eigenvalue weighted by molar-refractivity contribution is 5.66. The second-order valence-corrected chi connectivity index (χ2v) is 4.72. The number of rotatable bonds is 6. The summed E-state index contributed by atoms with van der Waals surface area (Å²) in [7, 11) is 1.61. The second-order valence-electron chi connectivity index (χ2n) is 4.72. The number of nitrogens with one attached hydrogen (secondary N) is 1. The van der Waals surface area contributed by atoms with Gasteiger partial charge < -0.3 is 10.1 Å². The van der Waals surface area contributed by atoms with Crippen LogP contribution in [0.25, 0.3) is 11.1 Å². The first-order chi connectivity index (χ1) is 9.74. The first-order valence-electron chi connectivity index (χ1n) is 6.88. The Morgan fingerprint density at radius 1 is 1.15 bits per heavy atom. The maximum Gasteiger partial charge on any atom is 0.131 e. The van der Waals surface area contributed by atoms with E-state index in [4.69, 9.17) is 4.74 Å². The molecule has 1 N–H and O–H groups in total. The van der Waals surface area contributed by atoms with Gasteiger partial charge in [0, 0.05) is 12.1 Å². The van der Waals surface area contributed by atoms with Crippen LogP contribution >= 0.6 is 0 Å². The fourth-order valence-electron chi connectivity index (χ4n) is 2.10. The van der Waals surface area contributed by atoms with E-state index >= 15 is 0 Å². The normalized spacial score (nSPS) is 10.6. The molecule has 0 unspecified atom stereocenters.